The van der Waals surface area contributed by atoms with Gasteiger partial charge in [0.1, 0.15) is 0 Å². The molecular weight excluding hydrogens is 204 g/mol. The number of rotatable bonds is 5. The van der Waals surface area contributed by atoms with Crippen LogP contribution in [0.2, 0.25) is 0 Å². The molecule has 0 radical (unpaired) electrons. The third-order valence-corrected chi connectivity index (χ3v) is 2.40. The van der Waals surface area contributed by atoms with Crippen molar-refractivity contribution in [3.63, 3.8) is 0 Å². The fourth-order valence-electron chi connectivity index (χ4n) is 1.42. The number of carboxylic acid groups (broad SMARTS) is 1. The molecule has 3 heteroatoms. The first-order valence-corrected chi connectivity index (χ1v) is 5.23. The van der Waals surface area contributed by atoms with E-state index >= 15 is 0 Å². The van der Waals surface area contributed by atoms with Gasteiger partial charge < -0.3 is 10.2 Å². The van der Waals surface area contributed by atoms with Crippen LogP contribution in [0.5, 0.6) is 0 Å². The minimum Gasteiger partial charge on any atom is -0.481 e. The van der Waals surface area contributed by atoms with Gasteiger partial charge in [-0.2, -0.15) is 0 Å². The van der Waals surface area contributed by atoms with Crippen molar-refractivity contribution >= 4 is 12.0 Å². The summed E-state index contributed by atoms with van der Waals surface area (Å²) in [6.07, 6.45) is 3.14. The number of carboxylic acids is 1. The number of benzene rings is 1. The lowest BCUT2D eigenvalue weighted by Crippen LogP contribution is -2.24. The number of allylic oxidation sites excluding steroid dienone is 1. The topological polar surface area (TPSA) is 57.5 Å². The Hall–Kier alpha value is -1.61. The molecule has 3 nitrogen and oxygen atoms in total. The SMILES string of the molecule is C[C@@H](O)[C@@H](C/C=C/c1ccccc1)C(=O)O. The van der Waals surface area contributed by atoms with E-state index in [9.17, 15) is 9.90 Å². The molecule has 2 atom stereocenters. The smallest absolute Gasteiger partial charge is 0.309 e. The lowest BCUT2D eigenvalue weighted by molar-refractivity contribution is -0.145. The molecule has 0 aliphatic heterocycles. The zero-order valence-corrected chi connectivity index (χ0v) is 9.21. The molecule has 1 aromatic carbocycles. The molecule has 0 bridgehead atoms. The van der Waals surface area contributed by atoms with Gasteiger partial charge in [0, 0.05) is 0 Å². The fourth-order valence-corrected chi connectivity index (χ4v) is 1.42. The molecule has 86 valence electrons. The van der Waals surface area contributed by atoms with Crippen LogP contribution < -0.4 is 0 Å². The monoisotopic (exact) mass is 220 g/mol. The summed E-state index contributed by atoms with van der Waals surface area (Å²) in [5, 5.41) is 18.1. The number of carbonyl (C=O) groups is 1. The molecule has 2 N–H and O–H groups in total. The van der Waals surface area contributed by atoms with Crippen molar-refractivity contribution in [1.82, 2.24) is 0 Å². The van der Waals surface area contributed by atoms with Gasteiger partial charge in [0.25, 0.3) is 0 Å². The van der Waals surface area contributed by atoms with Crippen LogP contribution in [0, 0.1) is 5.92 Å². The molecule has 0 aromatic heterocycles. The van der Waals surface area contributed by atoms with Crippen LogP contribution in [0.3, 0.4) is 0 Å². The molecule has 0 aliphatic rings. The summed E-state index contributed by atoms with van der Waals surface area (Å²) in [6, 6.07) is 9.64. The first-order valence-electron chi connectivity index (χ1n) is 5.23. The second-order valence-corrected chi connectivity index (χ2v) is 3.73. The van der Waals surface area contributed by atoms with Crippen LogP contribution in [-0.2, 0) is 4.79 Å². The Labute approximate surface area is 95.0 Å². The van der Waals surface area contributed by atoms with E-state index in [2.05, 4.69) is 0 Å². The minimum atomic E-state index is -0.965. The molecular formula is C13H16O3. The molecule has 0 saturated heterocycles. The highest BCUT2D eigenvalue weighted by molar-refractivity contribution is 5.71. The summed E-state index contributed by atoms with van der Waals surface area (Å²) < 4.78 is 0. The summed E-state index contributed by atoms with van der Waals surface area (Å²) in [6.45, 7) is 1.50. The molecule has 0 aliphatic carbocycles. The van der Waals surface area contributed by atoms with Gasteiger partial charge in [-0.3, -0.25) is 4.79 Å². The van der Waals surface area contributed by atoms with Crippen LogP contribution in [0.25, 0.3) is 6.08 Å². The lowest BCUT2D eigenvalue weighted by Gasteiger charge is -2.12. The van der Waals surface area contributed by atoms with Crippen LogP contribution in [0.15, 0.2) is 36.4 Å². The van der Waals surface area contributed by atoms with Gasteiger partial charge in [0.05, 0.1) is 12.0 Å². The molecule has 16 heavy (non-hydrogen) atoms. The van der Waals surface area contributed by atoms with Crippen LogP contribution in [0.4, 0.5) is 0 Å². The Morgan fingerprint density at radius 1 is 1.38 bits per heavy atom. The summed E-state index contributed by atoms with van der Waals surface area (Å²) in [5.74, 6) is -1.70. The van der Waals surface area contributed by atoms with E-state index in [1.807, 2.05) is 36.4 Å². The summed E-state index contributed by atoms with van der Waals surface area (Å²) in [5.41, 5.74) is 1.03. The predicted molar refractivity (Wildman–Crippen MR) is 62.9 cm³/mol. The van der Waals surface area contributed by atoms with Crippen molar-refractivity contribution in [3.05, 3.63) is 42.0 Å². The van der Waals surface area contributed by atoms with Crippen molar-refractivity contribution in [1.29, 1.82) is 0 Å². The van der Waals surface area contributed by atoms with E-state index in [4.69, 9.17) is 5.11 Å². The molecule has 0 spiro atoms. The van der Waals surface area contributed by atoms with Gasteiger partial charge in [-0.1, -0.05) is 42.5 Å². The Morgan fingerprint density at radius 2 is 2.00 bits per heavy atom. The number of hydrogen-bond acceptors (Lipinski definition) is 2. The second-order valence-electron chi connectivity index (χ2n) is 3.73. The van der Waals surface area contributed by atoms with Crippen molar-refractivity contribution in [2.75, 3.05) is 0 Å². The van der Waals surface area contributed by atoms with Gasteiger partial charge in [-0.15, -0.1) is 0 Å². The fraction of sp³-hybridized carbons (Fsp3) is 0.308. The van der Waals surface area contributed by atoms with Crippen molar-refractivity contribution in [2.24, 2.45) is 5.92 Å². The van der Waals surface area contributed by atoms with Gasteiger partial charge in [0.15, 0.2) is 0 Å². The third-order valence-electron chi connectivity index (χ3n) is 2.40. The standard InChI is InChI=1S/C13H16O3/c1-10(14)12(13(15)16)9-5-8-11-6-3-2-4-7-11/h2-8,10,12,14H,9H2,1H3,(H,15,16)/b8-5+/t10-,12-/m1/s1. The lowest BCUT2D eigenvalue weighted by atomic mass is 9.99. The van der Waals surface area contributed by atoms with E-state index in [1.54, 1.807) is 6.08 Å². The van der Waals surface area contributed by atoms with Gasteiger partial charge >= 0.3 is 5.97 Å². The normalized spacial score (nSPS) is 14.9. The third kappa shape index (κ3) is 3.87. The molecule has 0 fully saturated rings. The van der Waals surface area contributed by atoms with Crippen molar-refractivity contribution < 1.29 is 15.0 Å². The summed E-state index contributed by atoms with van der Waals surface area (Å²) >= 11 is 0. The molecule has 0 unspecified atom stereocenters. The molecule has 1 aromatic rings. The highest BCUT2D eigenvalue weighted by Gasteiger charge is 2.20. The highest BCUT2D eigenvalue weighted by atomic mass is 16.4. The maximum atomic E-state index is 10.8. The maximum Gasteiger partial charge on any atom is 0.309 e. The largest absolute Gasteiger partial charge is 0.481 e. The van der Waals surface area contributed by atoms with E-state index < -0.39 is 18.0 Å². The van der Waals surface area contributed by atoms with E-state index in [0.717, 1.165) is 5.56 Å². The van der Waals surface area contributed by atoms with Crippen LogP contribution in [-0.4, -0.2) is 22.3 Å². The number of aliphatic hydroxyl groups is 1. The Morgan fingerprint density at radius 3 is 2.50 bits per heavy atom. The van der Waals surface area contributed by atoms with Crippen molar-refractivity contribution in [2.45, 2.75) is 19.4 Å². The Balaban J connectivity index is 2.56. The highest BCUT2D eigenvalue weighted by Crippen LogP contribution is 2.11. The molecule has 0 saturated carbocycles. The van der Waals surface area contributed by atoms with Gasteiger partial charge in [-0.25, -0.2) is 0 Å². The van der Waals surface area contributed by atoms with E-state index in [1.165, 1.54) is 6.92 Å². The average Bonchev–Trinajstić information content (AvgIpc) is 2.24. The van der Waals surface area contributed by atoms with Crippen molar-refractivity contribution in [3.8, 4) is 0 Å². The first kappa shape index (κ1) is 12.5. The summed E-state index contributed by atoms with van der Waals surface area (Å²) in [4.78, 5) is 10.8. The number of aliphatic hydroxyl groups excluding tert-OH is 1. The van der Waals surface area contributed by atoms with E-state index in [-0.39, 0.29) is 0 Å². The minimum absolute atomic E-state index is 0.335. The van der Waals surface area contributed by atoms with Crippen LogP contribution >= 0.6 is 0 Å². The number of aliphatic carboxylic acids is 1. The van der Waals surface area contributed by atoms with Crippen LogP contribution in [0.1, 0.15) is 18.9 Å². The van der Waals surface area contributed by atoms with Gasteiger partial charge in [-0.05, 0) is 18.9 Å². The zero-order valence-electron chi connectivity index (χ0n) is 9.21. The summed E-state index contributed by atoms with van der Waals surface area (Å²) in [7, 11) is 0. The predicted octanol–water partition coefficient (Wildman–Crippen LogP) is 2.17. The Kier molecular flexibility index (Phi) is 4.73. The molecule has 1 rings (SSSR count). The molecule has 0 heterocycles. The quantitative estimate of drug-likeness (QED) is 0.799. The second kappa shape index (κ2) is 6.08. The zero-order chi connectivity index (χ0) is 12.0. The maximum absolute atomic E-state index is 10.8. The Bertz CT molecular complexity index is 355. The van der Waals surface area contributed by atoms with E-state index in [0.29, 0.717) is 6.42 Å². The average molecular weight is 220 g/mol. The van der Waals surface area contributed by atoms with Gasteiger partial charge in [0.2, 0.25) is 0 Å². The number of hydrogen-bond donors (Lipinski definition) is 2. The first-order chi connectivity index (χ1) is 7.61. The molecule has 0 amide bonds.